The zero-order chi connectivity index (χ0) is 8.97. The highest BCUT2D eigenvalue weighted by Gasteiger charge is 2.30. The minimum atomic E-state index is -1.01. The van der Waals surface area contributed by atoms with Crippen molar-refractivity contribution < 1.29 is 19.0 Å². The summed E-state index contributed by atoms with van der Waals surface area (Å²) < 4.78 is 16.6. The number of carboxylic acid groups (broad SMARTS) is 1. The van der Waals surface area contributed by atoms with E-state index in [2.05, 4.69) is 5.32 Å². The number of hydrogen-bond donors (Lipinski definition) is 2. The van der Waals surface area contributed by atoms with Gasteiger partial charge in [0.1, 0.15) is 6.67 Å². The average molecular weight is 177 g/mol. The fraction of sp³-hybridized carbons (Fsp3) is 0.857. The highest BCUT2D eigenvalue weighted by molar-refractivity contribution is 5.65. The average Bonchev–Trinajstić information content (AvgIpc) is 1.93. The summed E-state index contributed by atoms with van der Waals surface area (Å²) in [5.41, 5.74) is 0. The molecule has 0 atom stereocenters. The van der Waals surface area contributed by atoms with E-state index in [-0.39, 0.29) is 18.8 Å². The van der Waals surface area contributed by atoms with Crippen molar-refractivity contribution >= 4 is 6.09 Å². The number of alkyl halides is 1. The summed E-state index contributed by atoms with van der Waals surface area (Å²) in [5, 5.41) is 10.6. The summed E-state index contributed by atoms with van der Waals surface area (Å²) in [6.45, 7) is -0.363. The standard InChI is InChI=1S/C7H12FNO3/c8-1-2-12-6-3-5(4-6)9-7(10)11/h5-6,9H,1-4H2,(H,10,11). The van der Waals surface area contributed by atoms with E-state index in [4.69, 9.17) is 9.84 Å². The van der Waals surface area contributed by atoms with Crippen LogP contribution in [0.1, 0.15) is 12.8 Å². The smallest absolute Gasteiger partial charge is 0.404 e. The molecule has 0 radical (unpaired) electrons. The van der Waals surface area contributed by atoms with Gasteiger partial charge in [-0.25, -0.2) is 9.18 Å². The number of halogens is 1. The van der Waals surface area contributed by atoms with Crippen molar-refractivity contribution in [2.45, 2.75) is 25.0 Å². The molecular formula is C7H12FNO3. The molecule has 0 saturated heterocycles. The quantitative estimate of drug-likeness (QED) is 0.666. The summed E-state index contributed by atoms with van der Waals surface area (Å²) in [6.07, 6.45) is 0.347. The van der Waals surface area contributed by atoms with E-state index < -0.39 is 12.8 Å². The summed E-state index contributed by atoms with van der Waals surface area (Å²) in [6, 6.07) is -0.00730. The second-order valence-corrected chi connectivity index (χ2v) is 2.80. The van der Waals surface area contributed by atoms with Gasteiger partial charge in [0.25, 0.3) is 0 Å². The monoisotopic (exact) mass is 177 g/mol. The lowest BCUT2D eigenvalue weighted by Gasteiger charge is -2.34. The molecule has 1 aliphatic rings. The molecule has 1 aliphatic carbocycles. The molecule has 0 spiro atoms. The van der Waals surface area contributed by atoms with Crippen molar-refractivity contribution in [3.05, 3.63) is 0 Å². The molecule has 1 saturated carbocycles. The molecule has 1 amide bonds. The minimum Gasteiger partial charge on any atom is -0.465 e. The number of amides is 1. The van der Waals surface area contributed by atoms with Crippen LogP contribution in [0.4, 0.5) is 9.18 Å². The first-order valence-electron chi connectivity index (χ1n) is 3.89. The molecule has 0 bridgehead atoms. The molecule has 1 fully saturated rings. The van der Waals surface area contributed by atoms with Crippen molar-refractivity contribution in [3.63, 3.8) is 0 Å². The molecule has 0 aromatic rings. The molecule has 70 valence electrons. The maximum Gasteiger partial charge on any atom is 0.404 e. The van der Waals surface area contributed by atoms with Crippen LogP contribution in [0.5, 0.6) is 0 Å². The maximum absolute atomic E-state index is 11.6. The Bertz CT molecular complexity index is 159. The zero-order valence-electron chi connectivity index (χ0n) is 6.62. The molecule has 5 heteroatoms. The Morgan fingerprint density at radius 2 is 2.33 bits per heavy atom. The van der Waals surface area contributed by atoms with E-state index in [9.17, 15) is 9.18 Å². The summed E-state index contributed by atoms with van der Waals surface area (Å²) >= 11 is 0. The van der Waals surface area contributed by atoms with Gasteiger partial charge in [-0.15, -0.1) is 0 Å². The van der Waals surface area contributed by atoms with Gasteiger partial charge in [0.05, 0.1) is 12.7 Å². The normalized spacial score (nSPS) is 27.8. The molecule has 4 nitrogen and oxygen atoms in total. The maximum atomic E-state index is 11.6. The molecular weight excluding hydrogens is 165 g/mol. The van der Waals surface area contributed by atoms with Crippen molar-refractivity contribution in [1.82, 2.24) is 5.32 Å². The number of rotatable bonds is 4. The molecule has 0 aliphatic heterocycles. The third kappa shape index (κ3) is 2.65. The van der Waals surface area contributed by atoms with E-state index in [1.807, 2.05) is 0 Å². The second kappa shape index (κ2) is 4.25. The van der Waals surface area contributed by atoms with Crippen molar-refractivity contribution in [3.8, 4) is 0 Å². The Balaban J connectivity index is 2.00. The molecule has 12 heavy (non-hydrogen) atoms. The number of nitrogens with one attached hydrogen (secondary N) is 1. The van der Waals surface area contributed by atoms with Crippen LogP contribution in [0.15, 0.2) is 0 Å². The van der Waals surface area contributed by atoms with Crippen LogP contribution in [-0.4, -0.2) is 36.6 Å². The summed E-state index contributed by atoms with van der Waals surface area (Å²) in [4.78, 5) is 10.1. The molecule has 0 aromatic carbocycles. The Kier molecular flexibility index (Phi) is 3.28. The molecule has 0 heterocycles. The van der Waals surface area contributed by atoms with E-state index in [0.717, 1.165) is 0 Å². The van der Waals surface area contributed by atoms with E-state index >= 15 is 0 Å². The van der Waals surface area contributed by atoms with E-state index in [1.165, 1.54) is 0 Å². The fourth-order valence-corrected chi connectivity index (χ4v) is 1.21. The van der Waals surface area contributed by atoms with E-state index in [0.29, 0.717) is 12.8 Å². The predicted molar refractivity (Wildman–Crippen MR) is 39.9 cm³/mol. The van der Waals surface area contributed by atoms with Gasteiger partial charge < -0.3 is 15.2 Å². The predicted octanol–water partition coefficient (Wildman–Crippen LogP) is 0.771. The van der Waals surface area contributed by atoms with Crippen LogP contribution in [0.25, 0.3) is 0 Å². The van der Waals surface area contributed by atoms with Crippen LogP contribution in [0.2, 0.25) is 0 Å². The first-order valence-corrected chi connectivity index (χ1v) is 3.89. The highest BCUT2D eigenvalue weighted by Crippen LogP contribution is 2.22. The summed E-state index contributed by atoms with van der Waals surface area (Å²) in [5.74, 6) is 0. The Hall–Kier alpha value is -0.840. The van der Waals surface area contributed by atoms with Crippen molar-refractivity contribution in [1.29, 1.82) is 0 Å². The van der Waals surface area contributed by atoms with Crippen molar-refractivity contribution in [2.75, 3.05) is 13.3 Å². The minimum absolute atomic E-state index is 0.00730. The molecule has 1 rings (SSSR count). The van der Waals surface area contributed by atoms with Crippen LogP contribution in [0.3, 0.4) is 0 Å². The van der Waals surface area contributed by atoms with Gasteiger partial charge in [0.2, 0.25) is 0 Å². The van der Waals surface area contributed by atoms with Gasteiger partial charge >= 0.3 is 6.09 Å². The largest absolute Gasteiger partial charge is 0.465 e. The Morgan fingerprint density at radius 1 is 1.67 bits per heavy atom. The highest BCUT2D eigenvalue weighted by atomic mass is 19.1. The lowest BCUT2D eigenvalue weighted by Crippen LogP contribution is -2.47. The van der Waals surface area contributed by atoms with Crippen LogP contribution in [0, 0.1) is 0 Å². The lowest BCUT2D eigenvalue weighted by molar-refractivity contribution is -0.0199. The third-order valence-corrected chi connectivity index (χ3v) is 1.85. The van der Waals surface area contributed by atoms with Gasteiger partial charge in [-0.2, -0.15) is 0 Å². The number of hydrogen-bond acceptors (Lipinski definition) is 2. The topological polar surface area (TPSA) is 58.6 Å². The first-order chi connectivity index (χ1) is 5.72. The van der Waals surface area contributed by atoms with Gasteiger partial charge in [-0.3, -0.25) is 0 Å². The fourth-order valence-electron chi connectivity index (χ4n) is 1.21. The van der Waals surface area contributed by atoms with Crippen molar-refractivity contribution in [2.24, 2.45) is 0 Å². The lowest BCUT2D eigenvalue weighted by atomic mass is 9.89. The Labute approximate surface area is 69.7 Å². The van der Waals surface area contributed by atoms with E-state index in [1.54, 1.807) is 0 Å². The number of ether oxygens (including phenoxy) is 1. The molecule has 0 aromatic heterocycles. The van der Waals surface area contributed by atoms with Crippen LogP contribution >= 0.6 is 0 Å². The van der Waals surface area contributed by atoms with Gasteiger partial charge in [-0.05, 0) is 12.8 Å². The number of carbonyl (C=O) groups is 1. The Morgan fingerprint density at radius 3 is 2.83 bits per heavy atom. The second-order valence-electron chi connectivity index (χ2n) is 2.80. The van der Waals surface area contributed by atoms with Crippen LogP contribution in [-0.2, 0) is 4.74 Å². The zero-order valence-corrected chi connectivity index (χ0v) is 6.62. The third-order valence-electron chi connectivity index (χ3n) is 1.85. The van der Waals surface area contributed by atoms with Gasteiger partial charge in [0, 0.05) is 6.04 Å². The van der Waals surface area contributed by atoms with Gasteiger partial charge in [0.15, 0.2) is 0 Å². The van der Waals surface area contributed by atoms with Crippen LogP contribution < -0.4 is 5.32 Å². The SMILES string of the molecule is O=C(O)NC1CC(OCCF)C1. The summed E-state index contributed by atoms with van der Waals surface area (Å²) in [7, 11) is 0. The molecule has 0 unspecified atom stereocenters. The van der Waals surface area contributed by atoms with Gasteiger partial charge in [-0.1, -0.05) is 0 Å². The molecule has 2 N–H and O–H groups in total. The first kappa shape index (κ1) is 9.25.